The van der Waals surface area contributed by atoms with Gasteiger partial charge in [0.15, 0.2) is 0 Å². The monoisotopic (exact) mass is 362 g/mol. The smallest absolute Gasteiger partial charge is 0.338 e. The number of nitrogens with zero attached hydrogens (tertiary/aromatic N) is 1. The van der Waals surface area contributed by atoms with Crippen LogP contribution in [0.5, 0.6) is 0 Å². The molecule has 1 aliphatic rings. The highest BCUT2D eigenvalue weighted by Gasteiger charge is 2.17. The zero-order valence-corrected chi connectivity index (χ0v) is 15.8. The molecular formula is C20H30N2O4. The maximum atomic E-state index is 12.1. The van der Waals surface area contributed by atoms with Gasteiger partial charge in [-0.2, -0.15) is 0 Å². The molecule has 26 heavy (non-hydrogen) atoms. The van der Waals surface area contributed by atoms with Crippen molar-refractivity contribution >= 4 is 17.6 Å². The fraction of sp³-hybridized carbons (Fsp3) is 0.600. The number of carbonyl (C=O) groups excluding carboxylic acids is 2. The Morgan fingerprint density at radius 3 is 2.58 bits per heavy atom. The molecule has 1 unspecified atom stereocenters. The minimum Gasteiger partial charge on any atom is -0.462 e. The standard InChI is InChI=1S/C20H30N2O4/c1-3-4-13-26-20(24)17-6-8-18(9-7-17)21-19(23)10-5-16(2)22-11-14-25-15-12-22/h6-9,16H,3-5,10-15H2,1-2H3,(H,21,23). The van der Waals surface area contributed by atoms with Crippen molar-refractivity contribution in [2.45, 2.75) is 45.6 Å². The van der Waals surface area contributed by atoms with Gasteiger partial charge in [-0.3, -0.25) is 9.69 Å². The van der Waals surface area contributed by atoms with Crippen molar-refractivity contribution in [3.63, 3.8) is 0 Å². The first-order valence-electron chi connectivity index (χ1n) is 9.49. The van der Waals surface area contributed by atoms with E-state index in [1.165, 1.54) is 0 Å². The summed E-state index contributed by atoms with van der Waals surface area (Å²) in [6, 6.07) is 7.20. The summed E-state index contributed by atoms with van der Waals surface area (Å²) in [5.41, 5.74) is 1.19. The molecule has 0 aliphatic carbocycles. The van der Waals surface area contributed by atoms with Gasteiger partial charge in [-0.25, -0.2) is 4.79 Å². The normalized spacial score (nSPS) is 16.1. The third-order valence-electron chi connectivity index (χ3n) is 4.59. The fourth-order valence-corrected chi connectivity index (χ4v) is 2.85. The number of hydrogen-bond donors (Lipinski definition) is 1. The summed E-state index contributed by atoms with van der Waals surface area (Å²) >= 11 is 0. The first-order chi connectivity index (χ1) is 12.6. The van der Waals surface area contributed by atoms with Crippen LogP contribution < -0.4 is 5.32 Å². The van der Waals surface area contributed by atoms with Gasteiger partial charge in [-0.1, -0.05) is 13.3 Å². The summed E-state index contributed by atoms with van der Waals surface area (Å²) in [5, 5.41) is 2.88. The van der Waals surface area contributed by atoms with Crippen molar-refractivity contribution < 1.29 is 19.1 Å². The lowest BCUT2D eigenvalue weighted by Gasteiger charge is -2.32. The predicted octanol–water partition coefficient (Wildman–Crippen LogP) is 3.08. The lowest BCUT2D eigenvalue weighted by Crippen LogP contribution is -2.42. The Hall–Kier alpha value is -1.92. The molecule has 1 aliphatic heterocycles. The van der Waals surface area contributed by atoms with E-state index >= 15 is 0 Å². The second kappa shape index (κ2) is 10.9. The Labute approximate surface area is 155 Å². The van der Waals surface area contributed by atoms with E-state index in [0.717, 1.165) is 45.6 Å². The minimum atomic E-state index is -0.323. The first kappa shape index (κ1) is 20.4. The Bertz CT molecular complexity index is 568. The zero-order valence-electron chi connectivity index (χ0n) is 15.8. The van der Waals surface area contributed by atoms with Crippen LogP contribution in [0.25, 0.3) is 0 Å². The van der Waals surface area contributed by atoms with E-state index in [0.29, 0.717) is 30.3 Å². The van der Waals surface area contributed by atoms with Crippen molar-refractivity contribution in [3.05, 3.63) is 29.8 Å². The van der Waals surface area contributed by atoms with Crippen LogP contribution in [0.15, 0.2) is 24.3 Å². The van der Waals surface area contributed by atoms with Crippen molar-refractivity contribution in [2.24, 2.45) is 0 Å². The number of anilines is 1. The molecule has 1 amide bonds. The second-order valence-electron chi connectivity index (χ2n) is 6.65. The first-order valence-corrected chi connectivity index (χ1v) is 9.49. The lowest BCUT2D eigenvalue weighted by atomic mass is 10.1. The minimum absolute atomic E-state index is 0.0108. The summed E-state index contributed by atoms with van der Waals surface area (Å²) in [6.07, 6.45) is 3.14. The van der Waals surface area contributed by atoms with E-state index in [1.807, 2.05) is 6.92 Å². The molecule has 0 aromatic heterocycles. The maximum absolute atomic E-state index is 12.1. The molecular weight excluding hydrogens is 332 g/mol. The van der Waals surface area contributed by atoms with E-state index in [2.05, 4.69) is 17.1 Å². The van der Waals surface area contributed by atoms with Crippen LogP contribution in [0.1, 0.15) is 49.9 Å². The number of carbonyl (C=O) groups is 2. The van der Waals surface area contributed by atoms with Gasteiger partial charge in [-0.15, -0.1) is 0 Å². The Morgan fingerprint density at radius 2 is 1.92 bits per heavy atom. The van der Waals surface area contributed by atoms with Crippen molar-refractivity contribution in [1.29, 1.82) is 0 Å². The van der Waals surface area contributed by atoms with E-state index < -0.39 is 0 Å². The van der Waals surface area contributed by atoms with Crippen molar-refractivity contribution in [3.8, 4) is 0 Å². The summed E-state index contributed by atoms with van der Waals surface area (Å²) in [7, 11) is 0. The molecule has 1 aromatic rings. The molecule has 1 heterocycles. The molecule has 0 radical (unpaired) electrons. The van der Waals surface area contributed by atoms with Crippen LogP contribution in [0.3, 0.4) is 0 Å². The molecule has 6 nitrogen and oxygen atoms in total. The summed E-state index contributed by atoms with van der Waals surface area (Å²) in [5.74, 6) is -0.334. The summed E-state index contributed by atoms with van der Waals surface area (Å²) in [4.78, 5) is 26.4. The fourth-order valence-electron chi connectivity index (χ4n) is 2.85. The molecule has 1 aromatic carbocycles. The molecule has 2 rings (SSSR count). The van der Waals surface area contributed by atoms with Crippen LogP contribution in [-0.4, -0.2) is 55.7 Å². The van der Waals surface area contributed by atoms with Gasteiger partial charge in [0.05, 0.1) is 25.4 Å². The molecule has 1 saturated heterocycles. The summed E-state index contributed by atoms with van der Waals surface area (Å²) < 4.78 is 10.5. The molecule has 1 N–H and O–H groups in total. The van der Waals surface area contributed by atoms with Gasteiger partial charge in [0.25, 0.3) is 0 Å². The van der Waals surface area contributed by atoms with Gasteiger partial charge in [-0.05, 0) is 44.0 Å². The average molecular weight is 362 g/mol. The quantitative estimate of drug-likeness (QED) is 0.540. The molecule has 1 fully saturated rings. The van der Waals surface area contributed by atoms with Crippen LogP contribution in [0.4, 0.5) is 5.69 Å². The molecule has 0 spiro atoms. The molecule has 6 heteroatoms. The molecule has 1 atom stereocenters. The number of hydrogen-bond acceptors (Lipinski definition) is 5. The molecule has 0 bridgehead atoms. The zero-order chi connectivity index (χ0) is 18.8. The van der Waals surface area contributed by atoms with Gasteiger partial charge < -0.3 is 14.8 Å². The average Bonchev–Trinajstić information content (AvgIpc) is 2.67. The number of ether oxygens (including phenoxy) is 2. The van der Waals surface area contributed by atoms with Gasteiger partial charge in [0, 0.05) is 31.2 Å². The van der Waals surface area contributed by atoms with Crippen LogP contribution in [0.2, 0.25) is 0 Å². The Kier molecular flexibility index (Phi) is 8.58. The topological polar surface area (TPSA) is 67.9 Å². The SMILES string of the molecule is CCCCOC(=O)c1ccc(NC(=O)CCC(C)N2CCOCC2)cc1. The third kappa shape index (κ3) is 6.77. The summed E-state index contributed by atoms with van der Waals surface area (Å²) in [6.45, 7) is 8.03. The number of benzene rings is 1. The number of unbranched alkanes of at least 4 members (excludes halogenated alkanes) is 1. The van der Waals surface area contributed by atoms with Crippen molar-refractivity contribution in [2.75, 3.05) is 38.2 Å². The Morgan fingerprint density at radius 1 is 1.23 bits per heavy atom. The highest BCUT2D eigenvalue weighted by atomic mass is 16.5. The van der Waals surface area contributed by atoms with E-state index in [4.69, 9.17) is 9.47 Å². The number of nitrogens with one attached hydrogen (secondary N) is 1. The van der Waals surface area contributed by atoms with Gasteiger partial charge in [0.2, 0.25) is 5.91 Å². The second-order valence-corrected chi connectivity index (χ2v) is 6.65. The number of rotatable bonds is 9. The lowest BCUT2D eigenvalue weighted by molar-refractivity contribution is -0.116. The van der Waals surface area contributed by atoms with E-state index in [1.54, 1.807) is 24.3 Å². The highest BCUT2D eigenvalue weighted by molar-refractivity contribution is 5.93. The van der Waals surface area contributed by atoms with Gasteiger partial charge in [0.1, 0.15) is 0 Å². The van der Waals surface area contributed by atoms with Crippen molar-refractivity contribution in [1.82, 2.24) is 4.90 Å². The van der Waals surface area contributed by atoms with E-state index in [-0.39, 0.29) is 11.9 Å². The predicted molar refractivity (Wildman–Crippen MR) is 101 cm³/mol. The highest BCUT2D eigenvalue weighted by Crippen LogP contribution is 2.13. The maximum Gasteiger partial charge on any atom is 0.338 e. The largest absolute Gasteiger partial charge is 0.462 e. The van der Waals surface area contributed by atoms with Gasteiger partial charge >= 0.3 is 5.97 Å². The third-order valence-corrected chi connectivity index (χ3v) is 4.59. The van der Waals surface area contributed by atoms with Crippen LogP contribution in [0, 0.1) is 0 Å². The molecule has 0 saturated carbocycles. The van der Waals surface area contributed by atoms with E-state index in [9.17, 15) is 9.59 Å². The van der Waals surface area contributed by atoms with Crippen LogP contribution in [-0.2, 0) is 14.3 Å². The Balaban J connectivity index is 1.73. The number of amides is 1. The molecule has 144 valence electrons. The number of morpholine rings is 1. The number of esters is 1. The van der Waals surface area contributed by atoms with Crippen LogP contribution >= 0.6 is 0 Å².